The van der Waals surface area contributed by atoms with E-state index in [-0.39, 0.29) is 22.0 Å². The largest absolute Gasteiger partial charge is 0.373 e. The molecule has 0 spiro atoms. The summed E-state index contributed by atoms with van der Waals surface area (Å²) < 4.78 is 36.9. The summed E-state index contributed by atoms with van der Waals surface area (Å²) >= 11 is 6.64. The molecule has 0 amide bonds. The van der Waals surface area contributed by atoms with Gasteiger partial charge in [0.1, 0.15) is 6.07 Å². The zero-order valence-electron chi connectivity index (χ0n) is 21.6. The van der Waals surface area contributed by atoms with Gasteiger partial charge >= 0.3 is 0 Å². The Morgan fingerprint density at radius 2 is 1.95 bits per heavy atom. The first-order valence-electron chi connectivity index (χ1n) is 12.7. The highest BCUT2D eigenvalue weighted by molar-refractivity contribution is 6.36. The van der Waals surface area contributed by atoms with E-state index in [1.807, 2.05) is 17.3 Å². The Kier molecular flexibility index (Phi) is 6.21. The van der Waals surface area contributed by atoms with Crippen LogP contribution in [-0.4, -0.2) is 21.0 Å². The van der Waals surface area contributed by atoms with Crippen molar-refractivity contribution in [3.8, 4) is 12.1 Å². The van der Waals surface area contributed by atoms with E-state index >= 15 is 0 Å². The lowest BCUT2D eigenvalue weighted by atomic mass is 10.0. The number of nitriles is 2. The van der Waals surface area contributed by atoms with Crippen molar-refractivity contribution in [3.63, 3.8) is 0 Å². The average Bonchev–Trinajstić information content (AvgIpc) is 3.70. The van der Waals surface area contributed by atoms with Gasteiger partial charge in [0.15, 0.2) is 5.82 Å². The van der Waals surface area contributed by atoms with Crippen LogP contribution < -0.4 is 21.6 Å². The summed E-state index contributed by atoms with van der Waals surface area (Å²) in [5, 5.41) is 28.0. The summed E-state index contributed by atoms with van der Waals surface area (Å²) in [6.07, 6.45) is 6.29. The fourth-order valence-electron chi connectivity index (χ4n) is 4.37. The molecule has 4 N–H and O–H groups in total. The topological polar surface area (TPSA) is 125 Å². The predicted molar refractivity (Wildman–Crippen MR) is 146 cm³/mol. The van der Waals surface area contributed by atoms with Gasteiger partial charge < -0.3 is 16.1 Å². The van der Waals surface area contributed by atoms with Gasteiger partial charge in [-0.15, -0.1) is 5.53 Å². The van der Waals surface area contributed by atoms with E-state index in [0.29, 0.717) is 39.5 Å². The standard InChI is InChI=1S/C28H20ClF2N9/c29-22-8-18(7-21-25(17(11-33)12-34-27(21)22)37-19-9-23(30)28(31)35-13-19)36-26(16-3-1-2-15(6-16)10-32)24-14-40(39-38-24)20-4-5-20/h1-3,6-9,12-14,20,26,36,38-39H,4-5H2,(H,34,37)/t26-/m1/s1/i26D. The fourth-order valence-corrected chi connectivity index (χ4v) is 4.64. The minimum atomic E-state index is -1.61. The maximum absolute atomic E-state index is 13.9. The molecule has 198 valence electrons. The van der Waals surface area contributed by atoms with Crippen LogP contribution in [0.1, 0.15) is 36.9 Å². The number of halogens is 3. The molecule has 12 heteroatoms. The molecule has 6 rings (SSSR count). The number of benzene rings is 2. The van der Waals surface area contributed by atoms with E-state index < -0.39 is 17.8 Å². The van der Waals surface area contributed by atoms with Crippen molar-refractivity contribution in [2.24, 2.45) is 0 Å². The minimum absolute atomic E-state index is 0.108. The van der Waals surface area contributed by atoms with E-state index in [2.05, 4.69) is 37.6 Å². The van der Waals surface area contributed by atoms with Gasteiger partial charge in [-0.25, -0.2) is 9.37 Å². The molecule has 4 aromatic rings. The molecule has 40 heavy (non-hydrogen) atoms. The third-order valence-corrected chi connectivity index (χ3v) is 6.75. The number of hydrogen-bond acceptors (Lipinski definition) is 9. The number of hydrogen-bond donors (Lipinski definition) is 4. The van der Waals surface area contributed by atoms with Gasteiger partial charge in [-0.2, -0.15) is 14.9 Å². The number of rotatable bonds is 7. The first kappa shape index (κ1) is 24.1. The second-order valence-corrected chi connectivity index (χ2v) is 9.65. The highest BCUT2D eigenvalue weighted by Gasteiger charge is 2.32. The number of aromatic nitrogens is 2. The molecule has 1 aliphatic carbocycles. The van der Waals surface area contributed by atoms with Gasteiger partial charge in [-0.05, 0) is 42.7 Å². The van der Waals surface area contributed by atoms with Gasteiger partial charge in [0.05, 0.1) is 58.4 Å². The molecular formula is C28H20ClF2N9. The molecule has 3 heterocycles. The quantitative estimate of drug-likeness (QED) is 0.217. The molecule has 1 saturated carbocycles. The molecule has 0 radical (unpaired) electrons. The number of hydrazine groups is 2. The number of nitrogens with zero attached hydrogens (tertiary/aromatic N) is 5. The van der Waals surface area contributed by atoms with Crippen LogP contribution in [0.3, 0.4) is 0 Å². The van der Waals surface area contributed by atoms with E-state index in [0.717, 1.165) is 25.1 Å². The van der Waals surface area contributed by atoms with Crippen LogP contribution in [-0.2, 0) is 0 Å². The van der Waals surface area contributed by atoms with Gasteiger partial charge in [-0.3, -0.25) is 9.99 Å². The van der Waals surface area contributed by atoms with Crippen LogP contribution in [0, 0.1) is 34.4 Å². The summed E-state index contributed by atoms with van der Waals surface area (Å²) in [4.78, 5) is 7.72. The summed E-state index contributed by atoms with van der Waals surface area (Å²) in [5.74, 6) is -2.40. The van der Waals surface area contributed by atoms with Crippen LogP contribution >= 0.6 is 11.6 Å². The van der Waals surface area contributed by atoms with Crippen molar-refractivity contribution in [2.75, 3.05) is 10.6 Å². The van der Waals surface area contributed by atoms with Crippen molar-refractivity contribution >= 4 is 39.6 Å². The molecule has 0 unspecified atom stereocenters. The van der Waals surface area contributed by atoms with Crippen LogP contribution in [0.2, 0.25) is 5.02 Å². The van der Waals surface area contributed by atoms with Crippen molar-refractivity contribution in [1.29, 1.82) is 10.5 Å². The molecule has 9 nitrogen and oxygen atoms in total. The summed E-state index contributed by atoms with van der Waals surface area (Å²) in [5.41, 5.74) is 8.73. The molecule has 2 aliphatic rings. The smallest absolute Gasteiger partial charge is 0.249 e. The minimum Gasteiger partial charge on any atom is -0.373 e. The van der Waals surface area contributed by atoms with Crippen LogP contribution in [0.5, 0.6) is 0 Å². The molecule has 2 aromatic heterocycles. The zero-order chi connectivity index (χ0) is 28.7. The number of fused-ring (bicyclic) bond motifs is 1. The van der Waals surface area contributed by atoms with E-state index in [1.165, 1.54) is 6.20 Å². The number of pyridine rings is 2. The Balaban J connectivity index is 1.47. The number of anilines is 3. The summed E-state index contributed by atoms with van der Waals surface area (Å²) in [6.45, 7) is 0. The predicted octanol–water partition coefficient (Wildman–Crippen LogP) is 5.53. The van der Waals surface area contributed by atoms with Crippen molar-refractivity contribution in [2.45, 2.75) is 24.9 Å². The third kappa shape index (κ3) is 4.92. The Morgan fingerprint density at radius 3 is 2.70 bits per heavy atom. The second kappa shape index (κ2) is 10.3. The van der Waals surface area contributed by atoms with E-state index in [9.17, 15) is 20.7 Å². The Hall–Kier alpha value is -4.97. The summed E-state index contributed by atoms with van der Waals surface area (Å²) in [7, 11) is 0. The fraction of sp³-hybridized carbons (Fsp3) is 0.143. The molecule has 2 aromatic carbocycles. The molecule has 0 saturated heterocycles. The van der Waals surface area contributed by atoms with Crippen molar-refractivity contribution in [1.82, 2.24) is 25.9 Å². The first-order valence-corrected chi connectivity index (χ1v) is 12.6. The normalized spacial score (nSPS) is 16.3. The van der Waals surface area contributed by atoms with Crippen molar-refractivity contribution in [3.05, 3.63) is 100 Å². The van der Waals surface area contributed by atoms with Gasteiger partial charge in [0, 0.05) is 35.6 Å². The van der Waals surface area contributed by atoms with E-state index in [4.69, 9.17) is 11.6 Å². The molecule has 1 aliphatic heterocycles. The third-order valence-electron chi connectivity index (χ3n) is 6.46. The molecule has 0 bridgehead atoms. The lowest BCUT2D eigenvalue weighted by Gasteiger charge is -2.22. The average molecular weight is 557 g/mol. The summed E-state index contributed by atoms with van der Waals surface area (Å²) in [6, 6.07) is 13.8. The molecule has 1 fully saturated rings. The van der Waals surface area contributed by atoms with Gasteiger partial charge in [0.2, 0.25) is 5.95 Å². The van der Waals surface area contributed by atoms with Gasteiger partial charge in [0.25, 0.3) is 0 Å². The monoisotopic (exact) mass is 556 g/mol. The second-order valence-electron chi connectivity index (χ2n) is 9.25. The molecule has 1 atom stereocenters. The lowest BCUT2D eigenvalue weighted by molar-refractivity contribution is 0.260. The Morgan fingerprint density at radius 1 is 1.10 bits per heavy atom. The SMILES string of the molecule is [2H][C@](Nc1cc(Cl)c2ncc(C#N)c(Nc3cnc(F)c(F)c3)c2c1)(C1=CN(C2CC2)NN1)c1cccc(C#N)c1. The highest BCUT2D eigenvalue weighted by atomic mass is 35.5. The maximum Gasteiger partial charge on any atom is 0.249 e. The Labute approximate surface area is 234 Å². The number of nitrogens with one attached hydrogen (secondary N) is 4. The van der Waals surface area contributed by atoms with Crippen LogP contribution in [0.25, 0.3) is 10.9 Å². The van der Waals surface area contributed by atoms with E-state index in [1.54, 1.807) is 36.4 Å². The van der Waals surface area contributed by atoms with Crippen LogP contribution in [0.4, 0.5) is 25.8 Å². The zero-order valence-corrected chi connectivity index (χ0v) is 21.4. The van der Waals surface area contributed by atoms with Gasteiger partial charge in [-0.1, -0.05) is 23.7 Å². The van der Waals surface area contributed by atoms with Crippen molar-refractivity contribution < 1.29 is 10.2 Å². The highest BCUT2D eigenvalue weighted by Crippen LogP contribution is 2.37. The first-order chi connectivity index (χ1) is 19.8. The Bertz CT molecular complexity index is 1820. The van der Waals surface area contributed by atoms with Crippen LogP contribution in [0.15, 0.2) is 66.8 Å². The lowest BCUT2D eigenvalue weighted by Crippen LogP contribution is -2.38. The molecular weight excluding hydrogens is 536 g/mol. The maximum atomic E-state index is 13.9.